The molecule has 2 N–H and O–H groups in total. The number of hydrogen-bond acceptors (Lipinski definition) is 4. The molecular weight excluding hydrogens is 266 g/mol. The summed E-state index contributed by atoms with van der Waals surface area (Å²) in [6, 6.07) is 7.58. The molecule has 5 nitrogen and oxygen atoms in total. The van der Waals surface area contributed by atoms with Gasteiger partial charge in [0.25, 0.3) is 0 Å². The molecule has 0 radical (unpaired) electrons. The first-order chi connectivity index (χ1) is 10.2. The van der Waals surface area contributed by atoms with Crippen LogP contribution in [-0.4, -0.2) is 10.2 Å². The lowest BCUT2D eigenvalue weighted by molar-refractivity contribution is 0.506. The molecule has 0 saturated heterocycles. The number of aromatic nitrogens is 2. The van der Waals surface area contributed by atoms with Crippen molar-refractivity contribution in [2.45, 2.75) is 19.8 Å². The molecule has 1 aliphatic rings. The summed E-state index contributed by atoms with van der Waals surface area (Å²) in [6.45, 7) is 4.20. The number of rotatable bonds is 1. The summed E-state index contributed by atoms with van der Waals surface area (Å²) in [5.74, 6) is 1.11. The molecule has 3 heterocycles. The lowest BCUT2D eigenvalue weighted by Gasteiger charge is -2.28. The zero-order valence-electron chi connectivity index (χ0n) is 11.8. The first-order valence-corrected chi connectivity index (χ1v) is 7.03. The first kappa shape index (κ1) is 12.2. The molecule has 1 unspecified atom stereocenters. The van der Waals surface area contributed by atoms with Crippen molar-refractivity contribution in [2.75, 3.05) is 5.32 Å². The second-order valence-electron chi connectivity index (χ2n) is 5.72. The second-order valence-corrected chi connectivity index (χ2v) is 5.72. The molecule has 21 heavy (non-hydrogen) atoms. The molecule has 0 saturated carbocycles. The second kappa shape index (κ2) is 4.22. The summed E-state index contributed by atoms with van der Waals surface area (Å²) in [7, 11) is 0. The molecule has 3 aromatic rings. The average molecular weight is 281 g/mol. The van der Waals surface area contributed by atoms with Crippen molar-refractivity contribution < 1.29 is 4.42 Å². The number of nitrogens with zero attached hydrogens (tertiary/aromatic N) is 1. The van der Waals surface area contributed by atoms with Gasteiger partial charge in [-0.25, -0.2) is 4.79 Å². The first-order valence-electron chi connectivity index (χ1n) is 7.03. The Morgan fingerprint density at radius 2 is 2.10 bits per heavy atom. The van der Waals surface area contributed by atoms with Gasteiger partial charge in [0.2, 0.25) is 0 Å². The molecule has 1 atom stereocenters. The van der Waals surface area contributed by atoms with Crippen molar-refractivity contribution in [3.63, 3.8) is 0 Å². The largest absolute Gasteiger partial charge is 0.422 e. The molecule has 0 amide bonds. The van der Waals surface area contributed by atoms with Crippen LogP contribution < -0.4 is 10.9 Å². The van der Waals surface area contributed by atoms with E-state index in [1.807, 2.05) is 24.3 Å². The Hall–Kier alpha value is -2.56. The van der Waals surface area contributed by atoms with Gasteiger partial charge in [-0.05, 0) is 18.1 Å². The van der Waals surface area contributed by atoms with Crippen molar-refractivity contribution in [3.05, 3.63) is 52.0 Å². The summed E-state index contributed by atoms with van der Waals surface area (Å²) in [4.78, 5) is 12.5. The molecule has 0 aliphatic carbocycles. The smallest absolute Gasteiger partial charge is 0.342 e. The molecule has 5 heteroatoms. The Bertz CT molecular complexity index is 892. The lowest BCUT2D eigenvalue weighted by Crippen LogP contribution is -2.24. The number of benzene rings is 1. The monoisotopic (exact) mass is 281 g/mol. The molecule has 4 rings (SSSR count). The van der Waals surface area contributed by atoms with Gasteiger partial charge < -0.3 is 9.73 Å². The van der Waals surface area contributed by atoms with Crippen LogP contribution in [0.15, 0.2) is 39.7 Å². The summed E-state index contributed by atoms with van der Waals surface area (Å²) in [5, 5.41) is 11.3. The maximum atomic E-state index is 12.5. The van der Waals surface area contributed by atoms with Crippen LogP contribution in [0.3, 0.4) is 0 Å². The van der Waals surface area contributed by atoms with Crippen molar-refractivity contribution in [1.82, 2.24) is 10.2 Å². The number of fused-ring (bicyclic) bond motifs is 4. The van der Waals surface area contributed by atoms with Gasteiger partial charge in [-0.2, -0.15) is 5.10 Å². The molecule has 0 spiro atoms. The van der Waals surface area contributed by atoms with E-state index in [4.69, 9.17) is 4.42 Å². The Morgan fingerprint density at radius 3 is 2.90 bits per heavy atom. The van der Waals surface area contributed by atoms with Crippen LogP contribution in [-0.2, 0) is 0 Å². The zero-order chi connectivity index (χ0) is 14.6. The molecule has 0 bridgehead atoms. The average Bonchev–Trinajstić information content (AvgIpc) is 2.93. The fraction of sp³-hybridized carbons (Fsp3) is 0.250. The Kier molecular flexibility index (Phi) is 2.45. The van der Waals surface area contributed by atoms with E-state index in [9.17, 15) is 4.79 Å². The third-order valence-corrected chi connectivity index (χ3v) is 4.08. The molecule has 1 aromatic carbocycles. The van der Waals surface area contributed by atoms with E-state index in [1.165, 1.54) is 0 Å². The Morgan fingerprint density at radius 1 is 1.29 bits per heavy atom. The summed E-state index contributed by atoms with van der Waals surface area (Å²) >= 11 is 0. The third-order valence-electron chi connectivity index (χ3n) is 4.08. The van der Waals surface area contributed by atoms with Gasteiger partial charge in [0, 0.05) is 16.9 Å². The van der Waals surface area contributed by atoms with Gasteiger partial charge in [0.05, 0.1) is 17.4 Å². The number of para-hydroxylation sites is 1. The fourth-order valence-corrected chi connectivity index (χ4v) is 3.19. The van der Waals surface area contributed by atoms with E-state index in [2.05, 4.69) is 29.4 Å². The fourth-order valence-electron chi connectivity index (χ4n) is 3.19. The van der Waals surface area contributed by atoms with Crippen LogP contribution in [0.1, 0.15) is 30.9 Å². The maximum absolute atomic E-state index is 12.5. The highest BCUT2D eigenvalue weighted by Gasteiger charge is 2.33. The minimum absolute atomic E-state index is 0.0177. The summed E-state index contributed by atoms with van der Waals surface area (Å²) in [5.41, 5.74) is 2.86. The minimum atomic E-state index is -0.276. The van der Waals surface area contributed by atoms with Gasteiger partial charge in [0.15, 0.2) is 0 Å². The SMILES string of the molecule is CC(C)C1c2cn[nH]c2Nc2c1c(=O)oc1ccccc21. The maximum Gasteiger partial charge on any atom is 0.342 e. The van der Waals surface area contributed by atoms with E-state index >= 15 is 0 Å². The minimum Gasteiger partial charge on any atom is -0.422 e. The standard InChI is InChI=1S/C16H15N3O2/c1-8(2)12-10-7-17-19-15(10)18-14-9-5-3-4-6-11(9)21-16(20)13(12)14/h3-8,12H,1-2H3,(H2,17,18,19). The summed E-state index contributed by atoms with van der Waals surface area (Å²) < 4.78 is 5.51. The highest BCUT2D eigenvalue weighted by Crippen LogP contribution is 2.44. The molecule has 0 fully saturated rings. The highest BCUT2D eigenvalue weighted by atomic mass is 16.4. The van der Waals surface area contributed by atoms with Crippen LogP contribution in [0.4, 0.5) is 11.5 Å². The quantitative estimate of drug-likeness (QED) is 0.671. The lowest BCUT2D eigenvalue weighted by atomic mass is 9.81. The normalized spacial score (nSPS) is 16.6. The topological polar surface area (TPSA) is 70.9 Å². The predicted octanol–water partition coefficient (Wildman–Crippen LogP) is 3.36. The van der Waals surface area contributed by atoms with E-state index in [1.54, 1.807) is 6.20 Å². The van der Waals surface area contributed by atoms with Crippen LogP contribution >= 0.6 is 0 Å². The molecular formula is C16H15N3O2. The van der Waals surface area contributed by atoms with E-state index < -0.39 is 0 Å². The van der Waals surface area contributed by atoms with Gasteiger partial charge in [-0.1, -0.05) is 26.0 Å². The number of H-pyrrole nitrogens is 1. The van der Waals surface area contributed by atoms with Crippen molar-refractivity contribution in [2.24, 2.45) is 5.92 Å². The Balaban J connectivity index is 2.11. The van der Waals surface area contributed by atoms with Crippen molar-refractivity contribution >= 4 is 22.5 Å². The predicted molar refractivity (Wildman–Crippen MR) is 81.0 cm³/mol. The zero-order valence-corrected chi connectivity index (χ0v) is 11.8. The van der Waals surface area contributed by atoms with E-state index in [0.717, 1.165) is 22.5 Å². The van der Waals surface area contributed by atoms with Gasteiger partial charge in [0.1, 0.15) is 11.4 Å². The highest BCUT2D eigenvalue weighted by molar-refractivity contribution is 5.95. The van der Waals surface area contributed by atoms with Crippen LogP contribution in [0.2, 0.25) is 0 Å². The van der Waals surface area contributed by atoms with Crippen molar-refractivity contribution in [1.29, 1.82) is 0 Å². The number of hydrogen-bond donors (Lipinski definition) is 2. The van der Waals surface area contributed by atoms with Gasteiger partial charge >= 0.3 is 5.63 Å². The van der Waals surface area contributed by atoms with Gasteiger partial charge in [-0.3, -0.25) is 5.10 Å². The number of aromatic amines is 1. The van der Waals surface area contributed by atoms with Crippen LogP contribution in [0.5, 0.6) is 0 Å². The molecule has 2 aromatic heterocycles. The number of anilines is 2. The number of nitrogens with one attached hydrogen (secondary N) is 2. The van der Waals surface area contributed by atoms with E-state index in [-0.39, 0.29) is 17.5 Å². The van der Waals surface area contributed by atoms with Gasteiger partial charge in [-0.15, -0.1) is 0 Å². The molecule has 106 valence electrons. The van der Waals surface area contributed by atoms with Crippen LogP contribution in [0.25, 0.3) is 11.0 Å². The Labute approximate surface area is 121 Å². The van der Waals surface area contributed by atoms with E-state index in [0.29, 0.717) is 11.1 Å². The van der Waals surface area contributed by atoms with Crippen molar-refractivity contribution in [3.8, 4) is 0 Å². The third kappa shape index (κ3) is 1.63. The van der Waals surface area contributed by atoms with Crippen LogP contribution in [0, 0.1) is 5.92 Å². The molecule has 1 aliphatic heterocycles. The summed E-state index contributed by atoms with van der Waals surface area (Å²) in [6.07, 6.45) is 1.78.